The lowest BCUT2D eigenvalue weighted by Crippen LogP contribution is -2.34. The third-order valence-corrected chi connectivity index (χ3v) is 3.71. The Morgan fingerprint density at radius 2 is 1.96 bits per heavy atom. The van der Waals surface area contributed by atoms with Crippen molar-refractivity contribution in [2.75, 3.05) is 6.54 Å². The fourth-order valence-electron chi connectivity index (χ4n) is 2.54. The highest BCUT2D eigenvalue weighted by Crippen LogP contribution is 2.14. The maximum atomic E-state index is 12.1. The second-order valence-electron chi connectivity index (χ2n) is 5.77. The molecule has 0 saturated carbocycles. The molecule has 5 nitrogen and oxygen atoms in total. The second-order valence-corrected chi connectivity index (χ2v) is 5.77. The molecular weight excluding hydrogens is 294 g/mol. The topological polar surface area (TPSA) is 79.5 Å². The summed E-state index contributed by atoms with van der Waals surface area (Å²) in [5.74, 6) is -0.719. The predicted molar refractivity (Wildman–Crippen MR) is 86.5 cm³/mol. The average Bonchev–Trinajstić information content (AvgIpc) is 2.81. The predicted octanol–water partition coefficient (Wildman–Crippen LogP) is 2.88. The highest BCUT2D eigenvalue weighted by atomic mass is 16.4. The van der Waals surface area contributed by atoms with Crippen LogP contribution in [0.15, 0.2) is 34.7 Å². The molecule has 0 saturated heterocycles. The third-order valence-electron chi connectivity index (χ3n) is 3.71. The SMILES string of the molecule is Cc1cccc(CC(CNC(=O)c2cc(C)oc2C)C(=O)O)c1. The molecule has 5 heteroatoms. The van der Waals surface area contributed by atoms with Gasteiger partial charge in [-0.1, -0.05) is 29.8 Å². The zero-order valence-electron chi connectivity index (χ0n) is 13.6. The second kappa shape index (κ2) is 7.13. The van der Waals surface area contributed by atoms with Crippen LogP contribution in [0.1, 0.15) is 33.0 Å². The van der Waals surface area contributed by atoms with Crippen molar-refractivity contribution in [2.24, 2.45) is 5.92 Å². The number of benzene rings is 1. The summed E-state index contributed by atoms with van der Waals surface area (Å²) >= 11 is 0. The first-order chi connectivity index (χ1) is 10.9. The Morgan fingerprint density at radius 3 is 2.52 bits per heavy atom. The summed E-state index contributed by atoms with van der Waals surface area (Å²) < 4.78 is 5.32. The van der Waals surface area contributed by atoms with Crippen LogP contribution >= 0.6 is 0 Å². The Labute approximate surface area is 135 Å². The summed E-state index contributed by atoms with van der Waals surface area (Å²) in [6.45, 7) is 5.52. The zero-order chi connectivity index (χ0) is 17.0. The molecule has 1 amide bonds. The molecule has 0 spiro atoms. The Kier molecular flexibility index (Phi) is 5.21. The normalized spacial score (nSPS) is 12.0. The van der Waals surface area contributed by atoms with Gasteiger partial charge in [-0.05, 0) is 38.8 Å². The molecule has 2 rings (SSSR count). The van der Waals surface area contributed by atoms with E-state index in [-0.39, 0.29) is 12.5 Å². The number of hydrogen-bond acceptors (Lipinski definition) is 3. The Morgan fingerprint density at radius 1 is 1.22 bits per heavy atom. The first kappa shape index (κ1) is 16.8. The van der Waals surface area contributed by atoms with E-state index in [1.807, 2.05) is 31.2 Å². The van der Waals surface area contributed by atoms with Gasteiger partial charge in [-0.3, -0.25) is 9.59 Å². The van der Waals surface area contributed by atoms with Crippen molar-refractivity contribution in [3.63, 3.8) is 0 Å². The number of carboxylic acid groups (broad SMARTS) is 1. The number of carbonyl (C=O) groups excluding carboxylic acids is 1. The summed E-state index contributed by atoms with van der Waals surface area (Å²) in [5.41, 5.74) is 2.48. The molecule has 0 radical (unpaired) electrons. The summed E-state index contributed by atoms with van der Waals surface area (Å²) in [6, 6.07) is 9.38. The van der Waals surface area contributed by atoms with Gasteiger partial charge in [0.1, 0.15) is 11.5 Å². The van der Waals surface area contributed by atoms with Crippen molar-refractivity contribution in [1.29, 1.82) is 0 Å². The fourth-order valence-corrected chi connectivity index (χ4v) is 2.54. The number of rotatable bonds is 6. The minimum Gasteiger partial charge on any atom is -0.481 e. The highest BCUT2D eigenvalue weighted by molar-refractivity contribution is 5.95. The highest BCUT2D eigenvalue weighted by Gasteiger charge is 2.21. The molecule has 2 aromatic rings. The van der Waals surface area contributed by atoms with E-state index in [1.54, 1.807) is 19.9 Å². The quantitative estimate of drug-likeness (QED) is 0.859. The lowest BCUT2D eigenvalue weighted by Gasteiger charge is -2.14. The summed E-state index contributed by atoms with van der Waals surface area (Å²) in [4.78, 5) is 23.6. The maximum absolute atomic E-state index is 12.1. The summed E-state index contributed by atoms with van der Waals surface area (Å²) in [5, 5.41) is 12.1. The van der Waals surface area contributed by atoms with E-state index in [0.717, 1.165) is 11.1 Å². The Hall–Kier alpha value is -2.56. The van der Waals surface area contributed by atoms with Gasteiger partial charge in [-0.2, -0.15) is 0 Å². The van der Waals surface area contributed by atoms with Crippen LogP contribution in [0.25, 0.3) is 0 Å². The van der Waals surface area contributed by atoms with Crippen molar-refractivity contribution in [2.45, 2.75) is 27.2 Å². The molecule has 1 unspecified atom stereocenters. The van der Waals surface area contributed by atoms with E-state index in [2.05, 4.69) is 5.32 Å². The number of aliphatic carboxylic acids is 1. The minimum absolute atomic E-state index is 0.0752. The first-order valence-electron chi connectivity index (χ1n) is 7.50. The number of furan rings is 1. The van der Waals surface area contributed by atoms with Crippen molar-refractivity contribution in [3.05, 3.63) is 58.5 Å². The van der Waals surface area contributed by atoms with Crippen molar-refractivity contribution >= 4 is 11.9 Å². The van der Waals surface area contributed by atoms with Gasteiger partial charge < -0.3 is 14.8 Å². The standard InChI is InChI=1S/C18H21NO4/c1-11-5-4-6-14(7-11)9-15(18(21)22)10-19-17(20)16-8-12(2)23-13(16)3/h4-8,15H,9-10H2,1-3H3,(H,19,20)(H,21,22). The van der Waals surface area contributed by atoms with Crippen LogP contribution in [0.5, 0.6) is 0 Å². The van der Waals surface area contributed by atoms with Crippen LogP contribution in [0.2, 0.25) is 0 Å². The molecule has 0 bridgehead atoms. The van der Waals surface area contributed by atoms with Gasteiger partial charge in [0.25, 0.3) is 5.91 Å². The molecule has 1 aromatic carbocycles. The Bertz CT molecular complexity index is 718. The van der Waals surface area contributed by atoms with E-state index in [0.29, 0.717) is 23.5 Å². The van der Waals surface area contributed by atoms with Gasteiger partial charge in [-0.25, -0.2) is 0 Å². The summed E-state index contributed by atoms with van der Waals surface area (Å²) in [7, 11) is 0. The molecule has 1 heterocycles. The number of nitrogens with one attached hydrogen (secondary N) is 1. The molecule has 1 aromatic heterocycles. The first-order valence-corrected chi connectivity index (χ1v) is 7.50. The molecule has 1 atom stereocenters. The number of hydrogen-bond donors (Lipinski definition) is 2. The van der Waals surface area contributed by atoms with Crippen LogP contribution in [-0.4, -0.2) is 23.5 Å². The molecule has 0 aliphatic heterocycles. The third kappa shape index (κ3) is 4.45. The number of carbonyl (C=O) groups is 2. The van der Waals surface area contributed by atoms with Crippen LogP contribution < -0.4 is 5.32 Å². The minimum atomic E-state index is -0.924. The fraction of sp³-hybridized carbons (Fsp3) is 0.333. The van der Waals surface area contributed by atoms with E-state index >= 15 is 0 Å². The van der Waals surface area contributed by atoms with E-state index < -0.39 is 11.9 Å². The maximum Gasteiger partial charge on any atom is 0.308 e. The molecule has 23 heavy (non-hydrogen) atoms. The summed E-state index contributed by atoms with van der Waals surface area (Å²) in [6.07, 6.45) is 0.376. The number of aryl methyl sites for hydroxylation is 3. The largest absolute Gasteiger partial charge is 0.481 e. The van der Waals surface area contributed by atoms with Crippen LogP contribution in [0, 0.1) is 26.7 Å². The van der Waals surface area contributed by atoms with Gasteiger partial charge in [0.2, 0.25) is 0 Å². The zero-order valence-corrected chi connectivity index (χ0v) is 13.6. The molecule has 0 fully saturated rings. The monoisotopic (exact) mass is 315 g/mol. The molecule has 122 valence electrons. The van der Waals surface area contributed by atoms with E-state index in [9.17, 15) is 14.7 Å². The Balaban J connectivity index is 2.01. The van der Waals surface area contributed by atoms with Crippen molar-refractivity contribution < 1.29 is 19.1 Å². The van der Waals surface area contributed by atoms with Crippen LogP contribution in [0.4, 0.5) is 0 Å². The van der Waals surface area contributed by atoms with Crippen molar-refractivity contribution in [1.82, 2.24) is 5.32 Å². The lowest BCUT2D eigenvalue weighted by molar-refractivity contribution is -0.141. The number of carboxylic acids is 1. The smallest absolute Gasteiger partial charge is 0.308 e. The van der Waals surface area contributed by atoms with E-state index in [4.69, 9.17) is 4.42 Å². The van der Waals surface area contributed by atoms with Crippen LogP contribution in [-0.2, 0) is 11.2 Å². The van der Waals surface area contributed by atoms with Crippen LogP contribution in [0.3, 0.4) is 0 Å². The van der Waals surface area contributed by atoms with Gasteiger partial charge >= 0.3 is 5.97 Å². The molecule has 2 N–H and O–H groups in total. The van der Waals surface area contributed by atoms with Crippen molar-refractivity contribution in [3.8, 4) is 0 Å². The van der Waals surface area contributed by atoms with Gasteiger partial charge in [0.15, 0.2) is 0 Å². The lowest BCUT2D eigenvalue weighted by atomic mass is 9.98. The molecule has 0 aliphatic rings. The van der Waals surface area contributed by atoms with Gasteiger partial charge in [0, 0.05) is 6.54 Å². The average molecular weight is 315 g/mol. The van der Waals surface area contributed by atoms with Gasteiger partial charge in [0.05, 0.1) is 11.5 Å². The number of amides is 1. The van der Waals surface area contributed by atoms with Gasteiger partial charge in [-0.15, -0.1) is 0 Å². The van der Waals surface area contributed by atoms with E-state index in [1.165, 1.54) is 0 Å². The molecular formula is C18H21NO4. The molecule has 0 aliphatic carbocycles.